The molecule has 1 amide bonds. The molecule has 1 saturated heterocycles. The molecule has 0 bridgehead atoms. The van der Waals surface area contributed by atoms with E-state index in [1.165, 1.54) is 11.3 Å². The first-order valence-corrected chi connectivity index (χ1v) is 9.65. The summed E-state index contributed by atoms with van der Waals surface area (Å²) in [5.74, 6) is -0.0668. The molecule has 0 radical (unpaired) electrons. The van der Waals surface area contributed by atoms with E-state index in [-0.39, 0.29) is 11.9 Å². The quantitative estimate of drug-likeness (QED) is 0.733. The maximum atomic E-state index is 12.8. The zero-order chi connectivity index (χ0) is 16.8. The van der Waals surface area contributed by atoms with E-state index in [0.29, 0.717) is 23.1 Å². The van der Waals surface area contributed by atoms with Crippen molar-refractivity contribution in [2.45, 2.75) is 19.9 Å². The molecule has 3 aromatic heterocycles. The normalized spacial score (nSPS) is 14.8. The molecule has 3 aromatic rings. The zero-order valence-corrected chi connectivity index (χ0v) is 15.6. The van der Waals surface area contributed by atoms with E-state index < -0.39 is 0 Å². The molecular formula is C17H15ClN2O2S2. The van der Waals surface area contributed by atoms with Crippen LogP contribution in [0.2, 0.25) is 5.02 Å². The first kappa shape index (κ1) is 16.0. The number of pyridine rings is 1. The van der Waals surface area contributed by atoms with Crippen LogP contribution in [0.3, 0.4) is 0 Å². The summed E-state index contributed by atoms with van der Waals surface area (Å²) in [5.41, 5.74) is 2.71. The minimum Gasteiger partial charge on any atom is -0.377 e. The van der Waals surface area contributed by atoms with Crippen molar-refractivity contribution in [1.29, 1.82) is 0 Å². The molecule has 1 fully saturated rings. The highest BCUT2D eigenvalue weighted by molar-refractivity contribution is 7.22. The Bertz CT molecular complexity index is 930. The number of thiophene rings is 2. The summed E-state index contributed by atoms with van der Waals surface area (Å²) in [6.45, 7) is 5.04. The molecule has 0 aromatic carbocycles. The van der Waals surface area contributed by atoms with Gasteiger partial charge in [0.1, 0.15) is 9.71 Å². The fraction of sp³-hybridized carbons (Fsp3) is 0.294. The van der Waals surface area contributed by atoms with Crippen LogP contribution in [0.15, 0.2) is 17.5 Å². The molecule has 0 aliphatic carbocycles. The number of nitrogens with zero attached hydrogens (tertiary/aromatic N) is 1. The lowest BCUT2D eigenvalue weighted by atomic mass is 10.1. The molecule has 0 saturated carbocycles. The number of carbonyl (C=O) groups excluding carboxylic acids is 1. The Labute approximate surface area is 152 Å². The number of halogens is 1. The predicted molar refractivity (Wildman–Crippen MR) is 99.5 cm³/mol. The Hall–Kier alpha value is -1.47. The lowest BCUT2D eigenvalue weighted by molar-refractivity contribution is -0.00337. The average molecular weight is 379 g/mol. The number of nitrogens with one attached hydrogen (secondary N) is 1. The van der Waals surface area contributed by atoms with Crippen molar-refractivity contribution in [3.05, 3.63) is 38.7 Å². The van der Waals surface area contributed by atoms with Gasteiger partial charge in [0, 0.05) is 15.8 Å². The van der Waals surface area contributed by atoms with E-state index in [1.54, 1.807) is 11.3 Å². The Balaban J connectivity index is 1.93. The molecule has 0 unspecified atom stereocenters. The molecule has 4 nitrogen and oxygen atoms in total. The highest BCUT2D eigenvalue weighted by atomic mass is 35.5. The van der Waals surface area contributed by atoms with E-state index in [1.807, 2.05) is 31.4 Å². The van der Waals surface area contributed by atoms with Gasteiger partial charge >= 0.3 is 0 Å². The molecule has 4 heterocycles. The third kappa shape index (κ3) is 2.54. The Morgan fingerprint density at radius 2 is 2.21 bits per heavy atom. The van der Waals surface area contributed by atoms with Crippen LogP contribution in [0, 0.1) is 13.8 Å². The van der Waals surface area contributed by atoms with Gasteiger partial charge in [0.15, 0.2) is 0 Å². The van der Waals surface area contributed by atoms with Gasteiger partial charge in [0.2, 0.25) is 0 Å². The van der Waals surface area contributed by atoms with E-state index in [4.69, 9.17) is 16.3 Å². The molecule has 0 spiro atoms. The first-order valence-electron chi connectivity index (χ1n) is 7.58. The van der Waals surface area contributed by atoms with Crippen molar-refractivity contribution in [2.24, 2.45) is 0 Å². The monoisotopic (exact) mass is 378 g/mol. The fourth-order valence-electron chi connectivity index (χ4n) is 2.81. The van der Waals surface area contributed by atoms with Gasteiger partial charge in [-0.1, -0.05) is 17.7 Å². The summed E-state index contributed by atoms with van der Waals surface area (Å²) >= 11 is 9.47. The van der Waals surface area contributed by atoms with Crippen LogP contribution >= 0.6 is 34.3 Å². The van der Waals surface area contributed by atoms with Crippen LogP contribution in [-0.4, -0.2) is 30.1 Å². The lowest BCUT2D eigenvalue weighted by Crippen LogP contribution is -2.48. The van der Waals surface area contributed by atoms with Gasteiger partial charge < -0.3 is 10.1 Å². The van der Waals surface area contributed by atoms with Crippen molar-refractivity contribution >= 4 is 50.4 Å². The van der Waals surface area contributed by atoms with E-state index in [2.05, 4.69) is 10.3 Å². The summed E-state index contributed by atoms with van der Waals surface area (Å²) in [5, 5.41) is 6.69. The standard InChI is InChI=1S/C17H15ClN2O2S2/c1-8-12-13(11-4-3-5-23-11)15(16(21)20-10-6-22-7-10)24-17(12)19-9(2)14(8)18/h3-5,10H,6-7H2,1-2H3,(H,20,21). The third-order valence-corrected chi connectivity index (χ3v) is 6.65. The first-order chi connectivity index (χ1) is 11.6. The smallest absolute Gasteiger partial charge is 0.262 e. The second-order valence-electron chi connectivity index (χ2n) is 5.81. The topological polar surface area (TPSA) is 51.2 Å². The van der Waals surface area contributed by atoms with E-state index in [0.717, 1.165) is 31.9 Å². The van der Waals surface area contributed by atoms with Gasteiger partial charge in [-0.25, -0.2) is 4.98 Å². The number of carbonyl (C=O) groups is 1. The van der Waals surface area contributed by atoms with Gasteiger partial charge in [0.25, 0.3) is 5.91 Å². The minimum absolute atomic E-state index is 0.0668. The minimum atomic E-state index is -0.0668. The number of rotatable bonds is 3. The molecule has 1 aliphatic heterocycles. The van der Waals surface area contributed by atoms with E-state index >= 15 is 0 Å². The Morgan fingerprint density at radius 3 is 2.83 bits per heavy atom. The maximum absolute atomic E-state index is 12.8. The van der Waals surface area contributed by atoms with Crippen molar-refractivity contribution in [2.75, 3.05) is 13.2 Å². The van der Waals surface area contributed by atoms with Crippen molar-refractivity contribution in [3.8, 4) is 10.4 Å². The molecule has 0 atom stereocenters. The van der Waals surface area contributed by atoms with Gasteiger partial charge in [-0.05, 0) is 30.9 Å². The third-order valence-electron chi connectivity index (χ3n) is 4.13. The molecule has 124 valence electrons. The average Bonchev–Trinajstić information content (AvgIpc) is 3.15. The van der Waals surface area contributed by atoms with Crippen molar-refractivity contribution in [1.82, 2.24) is 10.3 Å². The Morgan fingerprint density at radius 1 is 1.42 bits per heavy atom. The fourth-order valence-corrected chi connectivity index (χ4v) is 5.00. The van der Waals surface area contributed by atoms with Crippen molar-refractivity contribution in [3.63, 3.8) is 0 Å². The molecule has 1 aliphatic rings. The summed E-state index contributed by atoms with van der Waals surface area (Å²) in [6.07, 6.45) is 0. The number of amides is 1. The lowest BCUT2D eigenvalue weighted by Gasteiger charge is -2.26. The van der Waals surface area contributed by atoms with Crippen LogP contribution in [0.4, 0.5) is 0 Å². The van der Waals surface area contributed by atoms with Crippen LogP contribution in [0.5, 0.6) is 0 Å². The number of fused-ring (bicyclic) bond motifs is 1. The number of hydrogen-bond acceptors (Lipinski definition) is 5. The molecule has 1 N–H and O–H groups in total. The molecular weight excluding hydrogens is 364 g/mol. The molecule has 4 rings (SSSR count). The van der Waals surface area contributed by atoms with Crippen LogP contribution in [0.25, 0.3) is 20.7 Å². The number of aromatic nitrogens is 1. The van der Waals surface area contributed by atoms with Gasteiger partial charge in [-0.2, -0.15) is 0 Å². The van der Waals surface area contributed by atoms with E-state index in [9.17, 15) is 4.79 Å². The summed E-state index contributed by atoms with van der Waals surface area (Å²) in [6, 6.07) is 4.12. The van der Waals surface area contributed by atoms with Gasteiger partial charge in [-0.3, -0.25) is 4.79 Å². The summed E-state index contributed by atoms with van der Waals surface area (Å²) in [7, 11) is 0. The summed E-state index contributed by atoms with van der Waals surface area (Å²) < 4.78 is 5.14. The van der Waals surface area contributed by atoms with Crippen LogP contribution in [0.1, 0.15) is 20.9 Å². The predicted octanol–water partition coefficient (Wildman–Crippen LogP) is 4.42. The molecule has 7 heteroatoms. The Kier molecular flexibility index (Phi) is 4.08. The van der Waals surface area contributed by atoms with Crippen LogP contribution < -0.4 is 5.32 Å². The van der Waals surface area contributed by atoms with Crippen LogP contribution in [-0.2, 0) is 4.74 Å². The zero-order valence-electron chi connectivity index (χ0n) is 13.2. The number of hydrogen-bond donors (Lipinski definition) is 1. The highest BCUT2D eigenvalue weighted by Gasteiger charge is 2.27. The maximum Gasteiger partial charge on any atom is 0.262 e. The molecule has 24 heavy (non-hydrogen) atoms. The second-order valence-corrected chi connectivity index (χ2v) is 8.13. The highest BCUT2D eigenvalue weighted by Crippen LogP contribution is 2.43. The number of ether oxygens (including phenoxy) is 1. The number of aryl methyl sites for hydroxylation is 2. The largest absolute Gasteiger partial charge is 0.377 e. The van der Waals surface area contributed by atoms with Gasteiger partial charge in [-0.15, -0.1) is 22.7 Å². The SMILES string of the molecule is Cc1nc2sc(C(=O)NC3COC3)c(-c3cccs3)c2c(C)c1Cl. The second kappa shape index (κ2) is 6.11. The van der Waals surface area contributed by atoms with Gasteiger partial charge in [0.05, 0.1) is 30.0 Å². The summed E-state index contributed by atoms with van der Waals surface area (Å²) in [4.78, 5) is 20.0. The van der Waals surface area contributed by atoms with Crippen molar-refractivity contribution < 1.29 is 9.53 Å².